The molecule has 4 heteroatoms. The monoisotopic (exact) mass is 257 g/mol. The van der Waals surface area contributed by atoms with Gasteiger partial charge in [0.05, 0.1) is 6.26 Å². The second kappa shape index (κ2) is 6.44. The van der Waals surface area contributed by atoms with Crippen LogP contribution in [0.1, 0.15) is 16.1 Å². The Morgan fingerprint density at radius 3 is 2.74 bits per heavy atom. The van der Waals surface area contributed by atoms with Crippen LogP contribution in [0.2, 0.25) is 0 Å². The van der Waals surface area contributed by atoms with Crippen LogP contribution in [0.4, 0.5) is 0 Å². The van der Waals surface area contributed by atoms with Gasteiger partial charge in [-0.1, -0.05) is 24.8 Å². The Balaban J connectivity index is 1.86. The van der Waals surface area contributed by atoms with Crippen LogP contribution in [0, 0.1) is 0 Å². The molecule has 2 rings (SSSR count). The molecule has 19 heavy (non-hydrogen) atoms. The smallest absolute Gasteiger partial charge is 0.287 e. The summed E-state index contributed by atoms with van der Waals surface area (Å²) in [7, 11) is 0. The number of nitrogens with one attached hydrogen (secondary N) is 1. The van der Waals surface area contributed by atoms with E-state index in [4.69, 9.17) is 9.15 Å². The summed E-state index contributed by atoms with van der Waals surface area (Å²) in [5, 5.41) is 2.77. The zero-order valence-electron chi connectivity index (χ0n) is 10.5. The fourth-order valence-electron chi connectivity index (χ4n) is 1.54. The minimum absolute atomic E-state index is 0.225. The SMILES string of the molecule is C=CCOc1ccc(CNC(=O)c2ccco2)cc1. The molecule has 1 aromatic carbocycles. The number of amides is 1. The highest BCUT2D eigenvalue weighted by molar-refractivity contribution is 5.91. The fraction of sp³-hybridized carbons (Fsp3) is 0.133. The van der Waals surface area contributed by atoms with Crippen LogP contribution in [-0.4, -0.2) is 12.5 Å². The van der Waals surface area contributed by atoms with Gasteiger partial charge in [-0.25, -0.2) is 0 Å². The molecule has 0 saturated carbocycles. The van der Waals surface area contributed by atoms with Gasteiger partial charge in [0.2, 0.25) is 0 Å². The number of carbonyl (C=O) groups is 1. The molecule has 1 heterocycles. The number of hydrogen-bond donors (Lipinski definition) is 1. The number of hydrogen-bond acceptors (Lipinski definition) is 3. The molecular formula is C15H15NO3. The van der Waals surface area contributed by atoms with E-state index in [-0.39, 0.29) is 5.91 Å². The lowest BCUT2D eigenvalue weighted by molar-refractivity contribution is 0.0923. The van der Waals surface area contributed by atoms with Crippen molar-refractivity contribution in [3.63, 3.8) is 0 Å². The van der Waals surface area contributed by atoms with Crippen LogP contribution in [0.5, 0.6) is 5.75 Å². The average Bonchev–Trinajstić information content (AvgIpc) is 2.98. The van der Waals surface area contributed by atoms with Gasteiger partial charge in [-0.05, 0) is 29.8 Å². The zero-order valence-corrected chi connectivity index (χ0v) is 10.5. The molecule has 0 spiro atoms. The van der Waals surface area contributed by atoms with E-state index in [0.29, 0.717) is 18.9 Å². The van der Waals surface area contributed by atoms with E-state index in [1.807, 2.05) is 24.3 Å². The van der Waals surface area contributed by atoms with E-state index in [1.54, 1.807) is 18.2 Å². The Labute approximate surface area is 111 Å². The van der Waals surface area contributed by atoms with E-state index in [1.165, 1.54) is 6.26 Å². The van der Waals surface area contributed by atoms with Gasteiger partial charge in [0.25, 0.3) is 5.91 Å². The van der Waals surface area contributed by atoms with Crippen molar-refractivity contribution < 1.29 is 13.9 Å². The number of furan rings is 1. The second-order valence-corrected chi connectivity index (χ2v) is 3.90. The first-order valence-corrected chi connectivity index (χ1v) is 5.94. The second-order valence-electron chi connectivity index (χ2n) is 3.90. The summed E-state index contributed by atoms with van der Waals surface area (Å²) in [5.41, 5.74) is 0.992. The first-order valence-electron chi connectivity index (χ1n) is 5.94. The Morgan fingerprint density at radius 1 is 1.32 bits per heavy atom. The molecular weight excluding hydrogens is 242 g/mol. The van der Waals surface area contributed by atoms with Crippen molar-refractivity contribution in [3.8, 4) is 5.75 Å². The van der Waals surface area contributed by atoms with Crippen molar-refractivity contribution >= 4 is 5.91 Å². The van der Waals surface area contributed by atoms with Gasteiger partial charge < -0.3 is 14.5 Å². The summed E-state index contributed by atoms with van der Waals surface area (Å²) < 4.78 is 10.4. The van der Waals surface area contributed by atoms with Crippen molar-refractivity contribution in [3.05, 3.63) is 66.6 Å². The Morgan fingerprint density at radius 2 is 2.11 bits per heavy atom. The van der Waals surface area contributed by atoms with Gasteiger partial charge in [-0.2, -0.15) is 0 Å². The van der Waals surface area contributed by atoms with E-state index in [0.717, 1.165) is 11.3 Å². The fourth-order valence-corrected chi connectivity index (χ4v) is 1.54. The molecule has 4 nitrogen and oxygen atoms in total. The van der Waals surface area contributed by atoms with Gasteiger partial charge in [0.1, 0.15) is 12.4 Å². The third-order valence-electron chi connectivity index (χ3n) is 2.49. The lowest BCUT2D eigenvalue weighted by atomic mass is 10.2. The van der Waals surface area contributed by atoms with Crippen LogP contribution in [0.3, 0.4) is 0 Å². The maximum Gasteiger partial charge on any atom is 0.287 e. The largest absolute Gasteiger partial charge is 0.490 e. The Hall–Kier alpha value is -2.49. The van der Waals surface area contributed by atoms with Gasteiger partial charge in [0.15, 0.2) is 5.76 Å². The highest BCUT2D eigenvalue weighted by atomic mass is 16.5. The number of benzene rings is 1. The third-order valence-corrected chi connectivity index (χ3v) is 2.49. The minimum Gasteiger partial charge on any atom is -0.490 e. The molecule has 0 fully saturated rings. The quantitative estimate of drug-likeness (QED) is 0.809. The van der Waals surface area contributed by atoms with Gasteiger partial charge in [0, 0.05) is 6.54 Å². The molecule has 0 radical (unpaired) electrons. The van der Waals surface area contributed by atoms with Crippen molar-refractivity contribution in [2.24, 2.45) is 0 Å². The van der Waals surface area contributed by atoms with Crippen molar-refractivity contribution in [2.75, 3.05) is 6.61 Å². The first kappa shape index (κ1) is 13.0. The standard InChI is InChI=1S/C15H15NO3/c1-2-9-18-13-7-5-12(6-8-13)11-16-15(17)14-4-3-10-19-14/h2-8,10H,1,9,11H2,(H,16,17). The third kappa shape index (κ3) is 3.74. The molecule has 1 amide bonds. The van der Waals surface area contributed by atoms with Crippen LogP contribution in [0.15, 0.2) is 59.7 Å². The molecule has 1 N–H and O–H groups in total. The summed E-state index contributed by atoms with van der Waals surface area (Å²) >= 11 is 0. The topological polar surface area (TPSA) is 51.5 Å². The van der Waals surface area contributed by atoms with Crippen LogP contribution in [-0.2, 0) is 6.54 Å². The van der Waals surface area contributed by atoms with Crippen LogP contribution in [0.25, 0.3) is 0 Å². The summed E-state index contributed by atoms with van der Waals surface area (Å²) in [6, 6.07) is 10.8. The molecule has 0 aliphatic carbocycles. The first-order chi connectivity index (χ1) is 9.29. The molecule has 0 atom stereocenters. The van der Waals surface area contributed by atoms with Crippen molar-refractivity contribution in [2.45, 2.75) is 6.54 Å². The average molecular weight is 257 g/mol. The lowest BCUT2D eigenvalue weighted by Crippen LogP contribution is -2.22. The summed E-state index contributed by atoms with van der Waals surface area (Å²) in [6.07, 6.45) is 3.16. The van der Waals surface area contributed by atoms with Gasteiger partial charge in [-0.15, -0.1) is 0 Å². The number of carbonyl (C=O) groups excluding carboxylic acids is 1. The summed E-state index contributed by atoms with van der Waals surface area (Å²) in [4.78, 5) is 11.6. The van der Waals surface area contributed by atoms with E-state index in [2.05, 4.69) is 11.9 Å². The molecule has 0 aliphatic heterocycles. The Kier molecular flexibility index (Phi) is 4.39. The lowest BCUT2D eigenvalue weighted by Gasteiger charge is -2.06. The normalized spacial score (nSPS) is 9.89. The predicted molar refractivity (Wildman–Crippen MR) is 72.0 cm³/mol. The predicted octanol–water partition coefficient (Wildman–Crippen LogP) is 2.77. The molecule has 2 aromatic rings. The molecule has 0 aliphatic rings. The highest BCUT2D eigenvalue weighted by Gasteiger charge is 2.07. The van der Waals surface area contributed by atoms with Crippen molar-refractivity contribution in [1.82, 2.24) is 5.32 Å². The maximum absolute atomic E-state index is 11.6. The number of ether oxygens (including phenoxy) is 1. The Bertz CT molecular complexity index is 529. The summed E-state index contributed by atoms with van der Waals surface area (Å²) in [6.45, 7) is 4.51. The van der Waals surface area contributed by atoms with E-state index >= 15 is 0 Å². The molecule has 0 saturated heterocycles. The van der Waals surface area contributed by atoms with E-state index < -0.39 is 0 Å². The highest BCUT2D eigenvalue weighted by Crippen LogP contribution is 2.12. The molecule has 0 unspecified atom stereocenters. The summed E-state index contributed by atoms with van der Waals surface area (Å²) in [5.74, 6) is 0.865. The van der Waals surface area contributed by atoms with Crippen molar-refractivity contribution in [1.29, 1.82) is 0 Å². The minimum atomic E-state index is -0.225. The van der Waals surface area contributed by atoms with Crippen LogP contribution >= 0.6 is 0 Å². The van der Waals surface area contributed by atoms with Gasteiger partial charge >= 0.3 is 0 Å². The molecule has 98 valence electrons. The zero-order chi connectivity index (χ0) is 13.5. The van der Waals surface area contributed by atoms with Crippen LogP contribution < -0.4 is 10.1 Å². The maximum atomic E-state index is 11.6. The molecule has 0 bridgehead atoms. The van der Waals surface area contributed by atoms with Gasteiger partial charge in [-0.3, -0.25) is 4.79 Å². The van der Waals surface area contributed by atoms with E-state index in [9.17, 15) is 4.79 Å². The molecule has 1 aromatic heterocycles. The number of rotatable bonds is 6.